The SMILES string of the molecule is CCCCOC(CCCC(=O)CC(=O)OCC)=C1CC1. The van der Waals surface area contributed by atoms with Crippen molar-refractivity contribution in [2.75, 3.05) is 13.2 Å². The first-order valence-electron chi connectivity index (χ1n) is 7.68. The van der Waals surface area contributed by atoms with E-state index in [-0.39, 0.29) is 12.2 Å². The van der Waals surface area contributed by atoms with Crippen LogP contribution < -0.4 is 0 Å². The highest BCUT2D eigenvalue weighted by Gasteiger charge is 2.19. The summed E-state index contributed by atoms with van der Waals surface area (Å²) in [4.78, 5) is 22.8. The Labute approximate surface area is 121 Å². The number of rotatable bonds is 11. The fourth-order valence-electron chi connectivity index (χ4n) is 1.94. The number of esters is 1. The van der Waals surface area contributed by atoms with Crippen LogP contribution in [0.15, 0.2) is 11.3 Å². The number of carbonyl (C=O) groups excluding carboxylic acids is 2. The molecule has 0 atom stereocenters. The van der Waals surface area contributed by atoms with Gasteiger partial charge in [-0.25, -0.2) is 0 Å². The van der Waals surface area contributed by atoms with Gasteiger partial charge in [0.25, 0.3) is 0 Å². The largest absolute Gasteiger partial charge is 0.498 e. The van der Waals surface area contributed by atoms with Gasteiger partial charge in [0.1, 0.15) is 12.2 Å². The lowest BCUT2D eigenvalue weighted by molar-refractivity contribution is -0.145. The minimum absolute atomic E-state index is 0.0443. The maximum absolute atomic E-state index is 11.6. The molecule has 0 heterocycles. The molecule has 1 saturated carbocycles. The zero-order chi connectivity index (χ0) is 14.8. The van der Waals surface area contributed by atoms with Gasteiger partial charge in [0.05, 0.1) is 19.0 Å². The molecule has 1 aliphatic rings. The Morgan fingerprint density at radius 2 is 1.80 bits per heavy atom. The zero-order valence-corrected chi connectivity index (χ0v) is 12.7. The van der Waals surface area contributed by atoms with Crippen molar-refractivity contribution >= 4 is 11.8 Å². The Hall–Kier alpha value is -1.32. The van der Waals surface area contributed by atoms with Crippen LogP contribution in [0.4, 0.5) is 0 Å². The molecule has 1 rings (SSSR count). The number of carbonyl (C=O) groups is 2. The van der Waals surface area contributed by atoms with Crippen LogP contribution in [0.3, 0.4) is 0 Å². The Morgan fingerprint density at radius 1 is 1.05 bits per heavy atom. The van der Waals surface area contributed by atoms with Gasteiger partial charge in [-0.1, -0.05) is 13.3 Å². The van der Waals surface area contributed by atoms with Gasteiger partial charge in [-0.2, -0.15) is 0 Å². The summed E-state index contributed by atoms with van der Waals surface area (Å²) in [6.07, 6.45) is 6.36. The van der Waals surface area contributed by atoms with Gasteiger partial charge in [-0.15, -0.1) is 0 Å². The Kier molecular flexibility index (Phi) is 8.00. The minimum atomic E-state index is -0.419. The van der Waals surface area contributed by atoms with E-state index in [2.05, 4.69) is 6.92 Å². The van der Waals surface area contributed by atoms with E-state index in [1.807, 2.05) is 0 Å². The molecule has 1 fully saturated rings. The van der Waals surface area contributed by atoms with E-state index < -0.39 is 5.97 Å². The molecule has 0 N–H and O–H groups in total. The van der Waals surface area contributed by atoms with Crippen molar-refractivity contribution in [3.05, 3.63) is 11.3 Å². The lowest BCUT2D eigenvalue weighted by Gasteiger charge is -2.10. The molecule has 0 bridgehead atoms. The number of unbranched alkanes of at least 4 members (excludes halogenated alkanes) is 1. The second-order valence-corrected chi connectivity index (χ2v) is 5.10. The quantitative estimate of drug-likeness (QED) is 0.252. The van der Waals surface area contributed by atoms with Crippen LogP contribution in [-0.2, 0) is 19.1 Å². The first-order valence-corrected chi connectivity index (χ1v) is 7.68. The number of ketones is 1. The van der Waals surface area contributed by atoms with Gasteiger partial charge in [-0.3, -0.25) is 9.59 Å². The molecule has 0 spiro atoms. The lowest BCUT2D eigenvalue weighted by atomic mass is 10.1. The molecular weight excluding hydrogens is 256 g/mol. The normalized spacial score (nSPS) is 13.0. The molecule has 20 heavy (non-hydrogen) atoms. The molecule has 114 valence electrons. The summed E-state index contributed by atoms with van der Waals surface area (Å²) < 4.78 is 10.5. The summed E-state index contributed by atoms with van der Waals surface area (Å²) in [6, 6.07) is 0. The van der Waals surface area contributed by atoms with Crippen molar-refractivity contribution in [1.82, 2.24) is 0 Å². The molecule has 0 radical (unpaired) electrons. The van der Waals surface area contributed by atoms with Crippen LogP contribution in [0.25, 0.3) is 0 Å². The van der Waals surface area contributed by atoms with Crippen molar-refractivity contribution in [3.8, 4) is 0 Å². The highest BCUT2D eigenvalue weighted by molar-refractivity contribution is 5.95. The summed E-state index contributed by atoms with van der Waals surface area (Å²) >= 11 is 0. The number of ether oxygens (including phenoxy) is 2. The third-order valence-corrected chi connectivity index (χ3v) is 3.17. The van der Waals surface area contributed by atoms with Gasteiger partial charge in [-0.05, 0) is 38.2 Å². The first kappa shape index (κ1) is 16.7. The summed E-state index contributed by atoms with van der Waals surface area (Å²) in [5.41, 5.74) is 1.40. The van der Waals surface area contributed by atoms with Crippen LogP contribution in [0, 0.1) is 0 Å². The Bertz CT molecular complexity index is 351. The van der Waals surface area contributed by atoms with Crippen molar-refractivity contribution in [3.63, 3.8) is 0 Å². The minimum Gasteiger partial charge on any atom is -0.498 e. The molecule has 0 aromatic carbocycles. The van der Waals surface area contributed by atoms with Gasteiger partial charge < -0.3 is 9.47 Å². The van der Waals surface area contributed by atoms with E-state index in [9.17, 15) is 9.59 Å². The number of Topliss-reactive ketones (excluding diaryl/α,β-unsaturated/α-hetero) is 1. The monoisotopic (exact) mass is 282 g/mol. The van der Waals surface area contributed by atoms with Gasteiger partial charge in [0.15, 0.2) is 0 Å². The molecular formula is C16H26O4. The van der Waals surface area contributed by atoms with E-state index in [4.69, 9.17) is 9.47 Å². The smallest absolute Gasteiger partial charge is 0.313 e. The predicted octanol–water partition coefficient (Wildman–Crippen LogP) is 3.54. The van der Waals surface area contributed by atoms with Crippen LogP contribution >= 0.6 is 0 Å². The van der Waals surface area contributed by atoms with Crippen molar-refractivity contribution < 1.29 is 19.1 Å². The Morgan fingerprint density at radius 3 is 2.40 bits per heavy atom. The van der Waals surface area contributed by atoms with E-state index in [1.54, 1.807) is 6.92 Å². The second kappa shape index (κ2) is 9.56. The molecule has 0 aromatic heterocycles. The summed E-state index contributed by atoms with van der Waals surface area (Å²) in [6.45, 7) is 4.98. The third-order valence-electron chi connectivity index (χ3n) is 3.17. The average molecular weight is 282 g/mol. The van der Waals surface area contributed by atoms with E-state index in [0.29, 0.717) is 13.0 Å². The molecule has 0 unspecified atom stereocenters. The lowest BCUT2D eigenvalue weighted by Crippen LogP contribution is -2.11. The summed E-state index contributed by atoms with van der Waals surface area (Å²) in [7, 11) is 0. The molecule has 0 aliphatic heterocycles. The second-order valence-electron chi connectivity index (χ2n) is 5.10. The fourth-order valence-corrected chi connectivity index (χ4v) is 1.94. The van der Waals surface area contributed by atoms with Crippen LogP contribution in [0.5, 0.6) is 0 Å². The fraction of sp³-hybridized carbons (Fsp3) is 0.750. The molecule has 0 aromatic rings. The van der Waals surface area contributed by atoms with Crippen molar-refractivity contribution in [1.29, 1.82) is 0 Å². The van der Waals surface area contributed by atoms with Gasteiger partial charge in [0.2, 0.25) is 0 Å². The number of hydrogen-bond donors (Lipinski definition) is 0. The Balaban J connectivity index is 2.19. The van der Waals surface area contributed by atoms with Gasteiger partial charge >= 0.3 is 5.97 Å². The third kappa shape index (κ3) is 7.31. The maximum Gasteiger partial charge on any atom is 0.313 e. The van der Waals surface area contributed by atoms with Crippen LogP contribution in [0.2, 0.25) is 0 Å². The molecule has 0 saturated heterocycles. The molecule has 4 heteroatoms. The van der Waals surface area contributed by atoms with Crippen LogP contribution in [-0.4, -0.2) is 25.0 Å². The van der Waals surface area contributed by atoms with E-state index >= 15 is 0 Å². The maximum atomic E-state index is 11.6. The molecule has 4 nitrogen and oxygen atoms in total. The number of allylic oxidation sites excluding steroid dienone is 2. The summed E-state index contributed by atoms with van der Waals surface area (Å²) in [5.74, 6) is 0.622. The van der Waals surface area contributed by atoms with E-state index in [1.165, 1.54) is 5.57 Å². The zero-order valence-electron chi connectivity index (χ0n) is 12.7. The predicted molar refractivity (Wildman–Crippen MR) is 77.2 cm³/mol. The van der Waals surface area contributed by atoms with E-state index in [0.717, 1.165) is 50.9 Å². The molecule has 0 amide bonds. The highest BCUT2D eigenvalue weighted by atomic mass is 16.5. The average Bonchev–Trinajstić information content (AvgIpc) is 3.21. The van der Waals surface area contributed by atoms with Crippen LogP contribution in [0.1, 0.15) is 65.2 Å². The van der Waals surface area contributed by atoms with Crippen molar-refractivity contribution in [2.24, 2.45) is 0 Å². The molecule has 1 aliphatic carbocycles. The standard InChI is InChI=1S/C16H26O4/c1-3-5-11-20-15(13-9-10-13)8-6-7-14(17)12-16(18)19-4-2/h3-12H2,1-2H3. The topological polar surface area (TPSA) is 52.6 Å². The van der Waals surface area contributed by atoms with Crippen molar-refractivity contribution in [2.45, 2.75) is 65.2 Å². The number of hydrogen-bond acceptors (Lipinski definition) is 4. The summed E-state index contributed by atoms with van der Waals surface area (Å²) in [5, 5.41) is 0. The van der Waals surface area contributed by atoms with Gasteiger partial charge in [0, 0.05) is 12.8 Å². The first-order chi connectivity index (χ1) is 9.67. The highest BCUT2D eigenvalue weighted by Crippen LogP contribution is 2.34.